The maximum Gasteiger partial charge on any atom is 0.183 e. The summed E-state index contributed by atoms with van der Waals surface area (Å²) in [5.41, 5.74) is 2.63. The van der Waals surface area contributed by atoms with Crippen molar-refractivity contribution in [2.24, 2.45) is 0 Å². The summed E-state index contributed by atoms with van der Waals surface area (Å²) in [6, 6.07) is 19.3. The van der Waals surface area contributed by atoms with Crippen molar-refractivity contribution in [2.75, 3.05) is 52.5 Å². The fourth-order valence-corrected chi connectivity index (χ4v) is 4.66. The van der Waals surface area contributed by atoms with E-state index in [-0.39, 0.29) is 6.04 Å². The van der Waals surface area contributed by atoms with Crippen LogP contribution in [-0.4, -0.2) is 70.7 Å². The predicted molar refractivity (Wildman–Crippen MR) is 128 cm³/mol. The second-order valence-electron chi connectivity index (χ2n) is 8.82. The Hall–Kier alpha value is -1.21. The molecule has 2 aromatic carbocycles. The molecule has 6 heteroatoms. The van der Waals surface area contributed by atoms with Gasteiger partial charge in [0.25, 0.3) is 0 Å². The molecule has 0 bridgehead atoms. The van der Waals surface area contributed by atoms with Gasteiger partial charge >= 0.3 is 0 Å². The summed E-state index contributed by atoms with van der Waals surface area (Å²) in [5.74, 6) is 0. The van der Waals surface area contributed by atoms with Gasteiger partial charge in [-0.05, 0) is 42.9 Å². The van der Waals surface area contributed by atoms with Crippen LogP contribution in [0.2, 0.25) is 24.7 Å². The molecule has 1 atom stereocenters. The standard InChI is InChI=1S/C24H35ClN2O2Si/c1-30(2,3)29-20-19-28-18-17-26-13-15-27(16-14-26)24(21-7-5-4-6-8-21)22-9-11-23(25)12-10-22/h4-12,24H,13-20H2,1-3H3. The fraction of sp³-hybridized carbons (Fsp3) is 0.500. The third-order valence-electron chi connectivity index (χ3n) is 5.39. The van der Waals surface area contributed by atoms with Crippen LogP contribution in [0, 0.1) is 0 Å². The van der Waals surface area contributed by atoms with Crippen molar-refractivity contribution < 1.29 is 9.16 Å². The highest BCUT2D eigenvalue weighted by Gasteiger charge is 2.26. The molecule has 2 aromatic rings. The molecule has 0 N–H and O–H groups in total. The molecule has 1 saturated heterocycles. The maximum absolute atomic E-state index is 6.13. The summed E-state index contributed by atoms with van der Waals surface area (Å²) >= 11 is 6.13. The largest absolute Gasteiger partial charge is 0.415 e. The zero-order valence-electron chi connectivity index (χ0n) is 18.5. The Morgan fingerprint density at radius 1 is 0.833 bits per heavy atom. The Morgan fingerprint density at radius 2 is 1.47 bits per heavy atom. The van der Waals surface area contributed by atoms with Gasteiger partial charge in [-0.2, -0.15) is 0 Å². The minimum atomic E-state index is -1.43. The van der Waals surface area contributed by atoms with Crippen molar-refractivity contribution in [1.29, 1.82) is 0 Å². The second-order valence-corrected chi connectivity index (χ2v) is 13.8. The Labute approximate surface area is 187 Å². The summed E-state index contributed by atoms with van der Waals surface area (Å²) in [7, 11) is -1.43. The topological polar surface area (TPSA) is 24.9 Å². The third-order valence-corrected chi connectivity index (χ3v) is 6.71. The van der Waals surface area contributed by atoms with E-state index in [0.717, 1.165) is 44.4 Å². The van der Waals surface area contributed by atoms with Crippen molar-refractivity contribution in [3.8, 4) is 0 Å². The number of hydrogen-bond donors (Lipinski definition) is 0. The van der Waals surface area contributed by atoms with Crippen LogP contribution >= 0.6 is 11.6 Å². The van der Waals surface area contributed by atoms with Crippen molar-refractivity contribution in [2.45, 2.75) is 25.7 Å². The monoisotopic (exact) mass is 446 g/mol. The van der Waals surface area contributed by atoms with Crippen molar-refractivity contribution >= 4 is 19.9 Å². The maximum atomic E-state index is 6.13. The lowest BCUT2D eigenvalue weighted by atomic mass is 9.96. The van der Waals surface area contributed by atoms with Gasteiger partial charge in [-0.15, -0.1) is 0 Å². The second kappa shape index (κ2) is 11.4. The molecule has 0 aromatic heterocycles. The quantitative estimate of drug-likeness (QED) is 0.382. The average molecular weight is 447 g/mol. The Bertz CT molecular complexity index is 744. The van der Waals surface area contributed by atoms with Crippen molar-refractivity contribution in [3.63, 3.8) is 0 Å². The van der Waals surface area contributed by atoms with E-state index < -0.39 is 8.32 Å². The van der Waals surface area contributed by atoms with Gasteiger partial charge in [-0.1, -0.05) is 54.1 Å². The van der Waals surface area contributed by atoms with E-state index in [4.69, 9.17) is 20.8 Å². The number of nitrogens with zero attached hydrogens (tertiary/aromatic N) is 2. The van der Waals surface area contributed by atoms with E-state index in [1.165, 1.54) is 11.1 Å². The first-order valence-electron chi connectivity index (χ1n) is 10.9. The Morgan fingerprint density at radius 3 is 2.10 bits per heavy atom. The van der Waals surface area contributed by atoms with Crippen LogP contribution in [0.1, 0.15) is 17.2 Å². The van der Waals surface area contributed by atoms with Crippen LogP contribution in [0.4, 0.5) is 0 Å². The van der Waals surface area contributed by atoms with Gasteiger partial charge in [-0.25, -0.2) is 0 Å². The molecular formula is C24H35ClN2O2Si. The van der Waals surface area contributed by atoms with Crippen LogP contribution in [0.3, 0.4) is 0 Å². The molecule has 164 valence electrons. The first-order chi connectivity index (χ1) is 14.4. The highest BCUT2D eigenvalue weighted by atomic mass is 35.5. The molecule has 0 saturated carbocycles. The minimum Gasteiger partial charge on any atom is -0.415 e. The lowest BCUT2D eigenvalue weighted by Gasteiger charge is -2.39. The Kier molecular flexibility index (Phi) is 8.93. The summed E-state index contributed by atoms with van der Waals surface area (Å²) in [6.45, 7) is 14.0. The van der Waals surface area contributed by atoms with E-state index in [0.29, 0.717) is 13.2 Å². The number of ether oxygens (including phenoxy) is 1. The molecule has 0 spiro atoms. The zero-order chi connectivity index (χ0) is 21.4. The van der Waals surface area contributed by atoms with E-state index in [9.17, 15) is 0 Å². The molecule has 0 amide bonds. The van der Waals surface area contributed by atoms with E-state index in [1.807, 2.05) is 12.1 Å². The highest BCUT2D eigenvalue weighted by molar-refractivity contribution is 6.69. The fourth-order valence-electron chi connectivity index (χ4n) is 3.84. The average Bonchev–Trinajstić information content (AvgIpc) is 2.73. The zero-order valence-corrected chi connectivity index (χ0v) is 20.3. The van der Waals surface area contributed by atoms with Crippen LogP contribution in [-0.2, 0) is 9.16 Å². The predicted octanol–water partition coefficient (Wildman–Crippen LogP) is 4.92. The van der Waals surface area contributed by atoms with Gasteiger partial charge in [0.2, 0.25) is 0 Å². The number of rotatable bonds is 10. The third kappa shape index (κ3) is 7.48. The molecule has 1 heterocycles. The van der Waals surface area contributed by atoms with E-state index >= 15 is 0 Å². The number of piperazine rings is 1. The molecular weight excluding hydrogens is 412 g/mol. The first kappa shape index (κ1) is 23.5. The van der Waals surface area contributed by atoms with E-state index in [1.54, 1.807) is 0 Å². The first-order valence-corrected chi connectivity index (χ1v) is 14.7. The summed E-state index contributed by atoms with van der Waals surface area (Å²) in [6.07, 6.45) is 0. The number of benzene rings is 2. The lowest BCUT2D eigenvalue weighted by Crippen LogP contribution is -2.48. The number of halogens is 1. The van der Waals surface area contributed by atoms with Crippen molar-refractivity contribution in [1.82, 2.24) is 9.80 Å². The van der Waals surface area contributed by atoms with Gasteiger partial charge in [-0.3, -0.25) is 9.80 Å². The minimum absolute atomic E-state index is 0.264. The van der Waals surface area contributed by atoms with Gasteiger partial charge in [0.05, 0.1) is 25.9 Å². The molecule has 0 aliphatic carbocycles. The molecule has 1 unspecified atom stereocenters. The Balaban J connectivity index is 1.49. The van der Waals surface area contributed by atoms with E-state index in [2.05, 4.69) is 71.9 Å². The smallest absolute Gasteiger partial charge is 0.183 e. The number of hydrogen-bond acceptors (Lipinski definition) is 4. The van der Waals surface area contributed by atoms with Gasteiger partial charge in [0, 0.05) is 37.7 Å². The highest BCUT2D eigenvalue weighted by Crippen LogP contribution is 2.30. The lowest BCUT2D eigenvalue weighted by molar-refractivity contribution is 0.0546. The molecule has 1 aliphatic rings. The van der Waals surface area contributed by atoms with Crippen LogP contribution in [0.25, 0.3) is 0 Å². The molecule has 30 heavy (non-hydrogen) atoms. The van der Waals surface area contributed by atoms with Crippen molar-refractivity contribution in [3.05, 3.63) is 70.7 Å². The van der Waals surface area contributed by atoms with Crippen LogP contribution < -0.4 is 0 Å². The van der Waals surface area contributed by atoms with Gasteiger partial charge < -0.3 is 9.16 Å². The van der Waals surface area contributed by atoms with Gasteiger partial charge in [0.15, 0.2) is 8.32 Å². The molecule has 1 aliphatic heterocycles. The molecule has 0 radical (unpaired) electrons. The SMILES string of the molecule is C[Si](C)(C)OCCOCCN1CCN(C(c2ccccc2)c2ccc(Cl)cc2)CC1. The van der Waals surface area contributed by atoms with Crippen LogP contribution in [0.5, 0.6) is 0 Å². The molecule has 4 nitrogen and oxygen atoms in total. The summed E-state index contributed by atoms with van der Waals surface area (Å²) in [5, 5.41) is 0.783. The normalized spacial score (nSPS) is 17.2. The molecule has 3 rings (SSSR count). The van der Waals surface area contributed by atoms with Gasteiger partial charge in [0.1, 0.15) is 0 Å². The summed E-state index contributed by atoms with van der Waals surface area (Å²) in [4.78, 5) is 5.08. The molecule has 1 fully saturated rings. The van der Waals surface area contributed by atoms with Crippen LogP contribution in [0.15, 0.2) is 54.6 Å². The summed E-state index contributed by atoms with van der Waals surface area (Å²) < 4.78 is 11.6.